The number of aryl methyl sites for hydroxylation is 1. The van der Waals surface area contributed by atoms with Crippen molar-refractivity contribution in [2.75, 3.05) is 11.9 Å². The fraction of sp³-hybridized carbons (Fsp3) is 0.130. The first-order chi connectivity index (χ1) is 15.7. The van der Waals surface area contributed by atoms with Crippen LogP contribution in [0, 0.1) is 11.3 Å². The standard InChI is InChI=1S/C23H19N9/c1-3-16-12-21(32-14-25-20(13-24)23(32)26-16)31(2)17-10-8-15(9-11-17)18-6-4-5-7-19(18)22-27-29-30-28-22/h4-12,14H,3H2,1-2H3,(H,27,28,29,30). The first-order valence-electron chi connectivity index (χ1n) is 10.1. The molecular formula is C23H19N9. The van der Waals surface area contributed by atoms with Gasteiger partial charge in [0.2, 0.25) is 0 Å². The van der Waals surface area contributed by atoms with Crippen molar-refractivity contribution in [2.45, 2.75) is 13.3 Å². The van der Waals surface area contributed by atoms with Gasteiger partial charge in [-0.05, 0) is 40.1 Å². The molecule has 0 unspecified atom stereocenters. The molecule has 0 radical (unpaired) electrons. The molecule has 3 heterocycles. The molecule has 9 heteroatoms. The highest BCUT2D eigenvalue weighted by Gasteiger charge is 2.15. The van der Waals surface area contributed by atoms with E-state index in [0.717, 1.165) is 40.3 Å². The Hall–Kier alpha value is -4.58. The molecule has 0 amide bonds. The molecule has 3 aromatic heterocycles. The fourth-order valence-electron chi connectivity index (χ4n) is 3.73. The smallest absolute Gasteiger partial charge is 0.185 e. The number of anilines is 2. The number of H-pyrrole nitrogens is 1. The van der Waals surface area contributed by atoms with Crippen LogP contribution >= 0.6 is 0 Å². The van der Waals surface area contributed by atoms with Crippen molar-refractivity contribution in [2.24, 2.45) is 0 Å². The number of hydrogen-bond donors (Lipinski definition) is 1. The number of nitriles is 1. The van der Waals surface area contributed by atoms with Crippen LogP contribution in [0.25, 0.3) is 28.2 Å². The summed E-state index contributed by atoms with van der Waals surface area (Å²) in [6.45, 7) is 2.04. The predicted molar refractivity (Wildman–Crippen MR) is 120 cm³/mol. The Bertz CT molecular complexity index is 1430. The number of rotatable bonds is 5. The molecular weight excluding hydrogens is 402 g/mol. The van der Waals surface area contributed by atoms with Gasteiger partial charge in [0.05, 0.1) is 0 Å². The van der Waals surface area contributed by atoms with Gasteiger partial charge < -0.3 is 4.90 Å². The number of hydrogen-bond acceptors (Lipinski definition) is 7. The van der Waals surface area contributed by atoms with Crippen LogP contribution in [-0.2, 0) is 6.42 Å². The summed E-state index contributed by atoms with van der Waals surface area (Å²) >= 11 is 0. The van der Waals surface area contributed by atoms with Crippen molar-refractivity contribution in [3.63, 3.8) is 0 Å². The van der Waals surface area contributed by atoms with E-state index in [1.54, 1.807) is 6.33 Å². The third-order valence-electron chi connectivity index (χ3n) is 5.44. The third-order valence-corrected chi connectivity index (χ3v) is 5.44. The molecule has 2 aromatic carbocycles. The molecule has 156 valence electrons. The van der Waals surface area contributed by atoms with Crippen LogP contribution in [-0.4, -0.2) is 42.0 Å². The van der Waals surface area contributed by atoms with Gasteiger partial charge in [0.15, 0.2) is 17.2 Å². The van der Waals surface area contributed by atoms with E-state index in [1.807, 2.05) is 48.7 Å². The highest BCUT2D eigenvalue weighted by Crippen LogP contribution is 2.32. The largest absolute Gasteiger partial charge is 0.330 e. The van der Waals surface area contributed by atoms with Crippen molar-refractivity contribution in [1.82, 2.24) is 35.0 Å². The number of benzene rings is 2. The Morgan fingerprint density at radius 1 is 1.09 bits per heavy atom. The molecule has 0 fully saturated rings. The van der Waals surface area contributed by atoms with Gasteiger partial charge in [-0.25, -0.2) is 15.1 Å². The average Bonchev–Trinajstić information content (AvgIpc) is 3.53. The minimum absolute atomic E-state index is 0.323. The molecule has 5 rings (SSSR count). The lowest BCUT2D eigenvalue weighted by molar-refractivity contribution is 0.881. The van der Waals surface area contributed by atoms with E-state index in [0.29, 0.717) is 17.2 Å². The van der Waals surface area contributed by atoms with E-state index >= 15 is 0 Å². The molecule has 0 saturated carbocycles. The number of nitrogens with zero attached hydrogens (tertiary/aromatic N) is 8. The van der Waals surface area contributed by atoms with E-state index in [9.17, 15) is 5.26 Å². The number of tetrazole rings is 1. The molecule has 0 spiro atoms. The molecule has 0 aliphatic carbocycles. The number of imidazole rings is 1. The number of aromatic nitrogens is 7. The fourth-order valence-corrected chi connectivity index (χ4v) is 3.73. The zero-order chi connectivity index (χ0) is 22.1. The van der Waals surface area contributed by atoms with Crippen molar-refractivity contribution >= 4 is 17.2 Å². The summed E-state index contributed by atoms with van der Waals surface area (Å²) in [7, 11) is 1.99. The Morgan fingerprint density at radius 2 is 1.88 bits per heavy atom. The second-order valence-electron chi connectivity index (χ2n) is 7.26. The van der Waals surface area contributed by atoms with Crippen molar-refractivity contribution in [1.29, 1.82) is 5.26 Å². The van der Waals surface area contributed by atoms with Crippen LogP contribution in [0.3, 0.4) is 0 Å². The number of fused-ring (bicyclic) bond motifs is 1. The molecule has 5 aromatic rings. The van der Waals surface area contributed by atoms with Gasteiger partial charge >= 0.3 is 0 Å². The van der Waals surface area contributed by atoms with Crippen LogP contribution in [0.5, 0.6) is 0 Å². The zero-order valence-corrected chi connectivity index (χ0v) is 17.6. The second-order valence-corrected chi connectivity index (χ2v) is 7.26. The highest BCUT2D eigenvalue weighted by atomic mass is 15.5. The van der Waals surface area contributed by atoms with Gasteiger partial charge in [-0.3, -0.25) is 4.40 Å². The summed E-state index contributed by atoms with van der Waals surface area (Å²) in [4.78, 5) is 10.9. The SMILES string of the molecule is CCc1cc(N(C)c2ccc(-c3ccccc3-c3nnn[nH]3)cc2)n2cnc(C#N)c2n1. The molecule has 9 nitrogen and oxygen atoms in total. The zero-order valence-electron chi connectivity index (χ0n) is 17.6. The van der Waals surface area contributed by atoms with Crippen LogP contribution in [0.15, 0.2) is 60.9 Å². The first-order valence-corrected chi connectivity index (χ1v) is 10.1. The predicted octanol–water partition coefficient (Wildman–Crippen LogP) is 3.78. The lowest BCUT2D eigenvalue weighted by Gasteiger charge is -2.22. The minimum atomic E-state index is 0.323. The highest BCUT2D eigenvalue weighted by molar-refractivity contribution is 5.81. The van der Waals surface area contributed by atoms with Gasteiger partial charge in [0, 0.05) is 30.1 Å². The first kappa shape index (κ1) is 19.4. The third kappa shape index (κ3) is 3.24. The van der Waals surface area contributed by atoms with Gasteiger partial charge in [-0.15, -0.1) is 5.10 Å². The lowest BCUT2D eigenvalue weighted by Crippen LogP contribution is -2.14. The molecule has 0 aliphatic heterocycles. The maximum atomic E-state index is 9.37. The molecule has 0 bridgehead atoms. The van der Waals surface area contributed by atoms with Gasteiger partial charge in [0.25, 0.3) is 0 Å². The molecule has 1 N–H and O–H groups in total. The number of nitrogens with one attached hydrogen (secondary N) is 1. The van der Waals surface area contributed by atoms with Gasteiger partial charge in [0.1, 0.15) is 18.2 Å². The molecule has 32 heavy (non-hydrogen) atoms. The summed E-state index contributed by atoms with van der Waals surface area (Å²) in [5.41, 5.74) is 5.82. The summed E-state index contributed by atoms with van der Waals surface area (Å²) in [6, 6.07) is 20.4. The quantitative estimate of drug-likeness (QED) is 0.460. The van der Waals surface area contributed by atoms with E-state index in [1.165, 1.54) is 0 Å². The molecule has 0 atom stereocenters. The summed E-state index contributed by atoms with van der Waals surface area (Å²) < 4.78 is 1.85. The number of aromatic amines is 1. The lowest BCUT2D eigenvalue weighted by atomic mass is 9.99. The van der Waals surface area contributed by atoms with Crippen LogP contribution in [0.4, 0.5) is 11.5 Å². The van der Waals surface area contributed by atoms with Crippen LogP contribution in [0.1, 0.15) is 18.3 Å². The van der Waals surface area contributed by atoms with Crippen molar-refractivity contribution in [3.8, 4) is 28.6 Å². The van der Waals surface area contributed by atoms with Crippen molar-refractivity contribution < 1.29 is 0 Å². The second kappa shape index (κ2) is 7.92. The molecule has 0 saturated heterocycles. The van der Waals surface area contributed by atoms with E-state index in [-0.39, 0.29) is 0 Å². The normalized spacial score (nSPS) is 10.9. The Balaban J connectivity index is 1.54. The Kier molecular flexibility index (Phi) is 4.80. The van der Waals surface area contributed by atoms with E-state index in [4.69, 9.17) is 0 Å². The van der Waals surface area contributed by atoms with Crippen LogP contribution in [0.2, 0.25) is 0 Å². The maximum Gasteiger partial charge on any atom is 0.185 e. The monoisotopic (exact) mass is 421 g/mol. The van der Waals surface area contributed by atoms with Gasteiger partial charge in [-0.1, -0.05) is 43.3 Å². The van der Waals surface area contributed by atoms with E-state index < -0.39 is 0 Å². The van der Waals surface area contributed by atoms with Crippen molar-refractivity contribution in [3.05, 3.63) is 72.3 Å². The van der Waals surface area contributed by atoms with Crippen LogP contribution < -0.4 is 4.90 Å². The Labute approximate surface area is 184 Å². The average molecular weight is 421 g/mol. The summed E-state index contributed by atoms with van der Waals surface area (Å²) in [5, 5.41) is 23.6. The topological polar surface area (TPSA) is 112 Å². The minimum Gasteiger partial charge on any atom is -0.330 e. The summed E-state index contributed by atoms with van der Waals surface area (Å²) in [5.74, 6) is 1.52. The maximum absolute atomic E-state index is 9.37. The summed E-state index contributed by atoms with van der Waals surface area (Å²) in [6.07, 6.45) is 2.40. The van der Waals surface area contributed by atoms with E-state index in [2.05, 4.69) is 65.8 Å². The van der Waals surface area contributed by atoms with Gasteiger partial charge in [-0.2, -0.15) is 5.26 Å². The Morgan fingerprint density at radius 3 is 2.56 bits per heavy atom. The molecule has 0 aliphatic rings.